The van der Waals surface area contributed by atoms with Gasteiger partial charge in [0.15, 0.2) is 11.5 Å². The van der Waals surface area contributed by atoms with Gasteiger partial charge < -0.3 is 20.5 Å². The van der Waals surface area contributed by atoms with E-state index in [9.17, 15) is 9.59 Å². The molecule has 0 radical (unpaired) electrons. The first-order chi connectivity index (χ1) is 12.6. The molecule has 2 aliphatic heterocycles. The molecule has 2 unspecified atom stereocenters. The average molecular weight is 374 g/mol. The number of carbonyl (C=O) groups is 2. The van der Waals surface area contributed by atoms with Gasteiger partial charge in [-0.2, -0.15) is 0 Å². The molecular weight excluding hydrogens is 352 g/mol. The van der Waals surface area contributed by atoms with E-state index in [2.05, 4.69) is 5.32 Å². The van der Waals surface area contributed by atoms with E-state index in [0.29, 0.717) is 46.1 Å². The molecule has 0 spiro atoms. The van der Waals surface area contributed by atoms with Crippen LogP contribution in [-0.4, -0.2) is 30.3 Å². The van der Waals surface area contributed by atoms with Crippen LogP contribution in [0.2, 0.25) is 0 Å². The molecule has 3 N–H and O–H groups in total. The molecule has 2 atom stereocenters. The zero-order valence-electron chi connectivity index (χ0n) is 14.5. The third kappa shape index (κ3) is 3.28. The summed E-state index contributed by atoms with van der Waals surface area (Å²) in [7, 11) is 0. The maximum absolute atomic E-state index is 12.7. The Hall–Kier alpha value is -2.15. The van der Waals surface area contributed by atoms with Gasteiger partial charge in [0.2, 0.25) is 5.91 Å². The van der Waals surface area contributed by atoms with Gasteiger partial charge in [-0.05, 0) is 31.0 Å². The third-order valence-electron chi connectivity index (χ3n) is 5.13. The van der Waals surface area contributed by atoms with E-state index in [0.717, 1.165) is 25.7 Å². The lowest BCUT2D eigenvalue weighted by Gasteiger charge is -2.18. The normalized spacial score (nSPS) is 24.6. The van der Waals surface area contributed by atoms with Gasteiger partial charge in [-0.3, -0.25) is 9.59 Å². The third-order valence-corrected chi connectivity index (χ3v) is 6.56. The first-order valence-electron chi connectivity index (χ1n) is 9.05. The molecule has 26 heavy (non-hydrogen) atoms. The highest BCUT2D eigenvalue weighted by atomic mass is 32.2. The van der Waals surface area contributed by atoms with Gasteiger partial charge in [-0.25, -0.2) is 0 Å². The molecule has 6 nitrogen and oxygen atoms in total. The number of amides is 2. The number of fused-ring (bicyclic) bond motifs is 2. The number of nitrogens with one attached hydrogen (secondary N) is 1. The van der Waals surface area contributed by atoms with Crippen molar-refractivity contribution in [1.82, 2.24) is 5.32 Å². The van der Waals surface area contributed by atoms with Crippen LogP contribution in [0.5, 0.6) is 11.5 Å². The largest absolute Gasteiger partial charge is 0.486 e. The number of nitrogens with two attached hydrogens (primary N) is 1. The number of hydrogen-bond acceptors (Lipinski definition) is 5. The molecule has 1 saturated carbocycles. The van der Waals surface area contributed by atoms with Gasteiger partial charge in [-0.15, -0.1) is 11.8 Å². The number of ether oxygens (including phenoxy) is 2. The summed E-state index contributed by atoms with van der Waals surface area (Å²) in [6.45, 7) is 0.973. The lowest BCUT2D eigenvalue weighted by Crippen LogP contribution is -2.27. The summed E-state index contributed by atoms with van der Waals surface area (Å²) in [4.78, 5) is 24.8. The molecule has 138 valence electrons. The van der Waals surface area contributed by atoms with E-state index in [1.54, 1.807) is 30.0 Å². The van der Waals surface area contributed by atoms with Crippen LogP contribution in [-0.2, 0) is 4.79 Å². The zero-order valence-corrected chi connectivity index (χ0v) is 15.3. The number of primary amides is 1. The summed E-state index contributed by atoms with van der Waals surface area (Å²) < 4.78 is 11.0. The number of benzene rings is 1. The summed E-state index contributed by atoms with van der Waals surface area (Å²) in [5.41, 5.74) is 6.71. The second-order valence-electron chi connectivity index (χ2n) is 6.82. The fourth-order valence-electron chi connectivity index (χ4n) is 3.88. The summed E-state index contributed by atoms with van der Waals surface area (Å²) in [5.74, 6) is 0.666. The summed E-state index contributed by atoms with van der Waals surface area (Å²) in [5, 5.41) is 3.87. The molecule has 3 aliphatic rings. The van der Waals surface area contributed by atoms with Gasteiger partial charge >= 0.3 is 0 Å². The molecule has 1 aromatic carbocycles. The van der Waals surface area contributed by atoms with Gasteiger partial charge in [-0.1, -0.05) is 19.3 Å². The van der Waals surface area contributed by atoms with Crippen molar-refractivity contribution < 1.29 is 19.1 Å². The van der Waals surface area contributed by atoms with Crippen LogP contribution in [0.1, 0.15) is 42.5 Å². The SMILES string of the molecule is NC(=O)C1=C(NC(=O)c2ccc3c(c2)OCCO3)SC2CCCCCC12. The van der Waals surface area contributed by atoms with Crippen molar-refractivity contribution in [2.24, 2.45) is 11.7 Å². The Bertz CT molecular complexity index is 777. The van der Waals surface area contributed by atoms with Crippen molar-refractivity contribution >= 4 is 23.6 Å². The predicted molar refractivity (Wildman–Crippen MR) is 99.1 cm³/mol. The molecule has 1 aliphatic carbocycles. The van der Waals surface area contributed by atoms with E-state index >= 15 is 0 Å². The maximum Gasteiger partial charge on any atom is 0.256 e. The Morgan fingerprint density at radius 3 is 2.65 bits per heavy atom. The van der Waals surface area contributed by atoms with E-state index < -0.39 is 5.91 Å². The summed E-state index contributed by atoms with van der Waals surface area (Å²) >= 11 is 1.59. The molecule has 7 heteroatoms. The highest BCUT2D eigenvalue weighted by Crippen LogP contribution is 2.47. The lowest BCUT2D eigenvalue weighted by atomic mass is 9.91. The van der Waals surface area contributed by atoms with Crippen LogP contribution < -0.4 is 20.5 Å². The monoisotopic (exact) mass is 374 g/mol. The van der Waals surface area contributed by atoms with Crippen LogP contribution in [0, 0.1) is 5.92 Å². The first-order valence-corrected chi connectivity index (χ1v) is 9.93. The van der Waals surface area contributed by atoms with Crippen molar-refractivity contribution in [3.05, 3.63) is 34.4 Å². The average Bonchev–Trinajstić information content (AvgIpc) is 2.82. The highest BCUT2D eigenvalue weighted by Gasteiger charge is 2.39. The topological polar surface area (TPSA) is 90.7 Å². The minimum Gasteiger partial charge on any atom is -0.486 e. The Labute approximate surface area is 156 Å². The Balaban J connectivity index is 1.56. The summed E-state index contributed by atoms with van der Waals surface area (Å²) in [6.07, 6.45) is 5.46. The molecule has 0 bridgehead atoms. The number of rotatable bonds is 3. The van der Waals surface area contributed by atoms with Crippen molar-refractivity contribution in [2.45, 2.75) is 37.4 Å². The van der Waals surface area contributed by atoms with Crippen molar-refractivity contribution in [3.8, 4) is 11.5 Å². The fourth-order valence-corrected chi connectivity index (χ4v) is 5.43. The van der Waals surface area contributed by atoms with Gasteiger partial charge in [0.05, 0.1) is 10.6 Å². The number of thioether (sulfide) groups is 1. The Kier molecular flexibility index (Phi) is 4.80. The van der Waals surface area contributed by atoms with Gasteiger partial charge in [0.25, 0.3) is 5.91 Å². The second kappa shape index (κ2) is 7.23. The summed E-state index contributed by atoms with van der Waals surface area (Å²) in [6, 6.07) is 5.11. The maximum atomic E-state index is 12.7. The Morgan fingerprint density at radius 2 is 1.85 bits per heavy atom. The first kappa shape index (κ1) is 17.3. The quantitative estimate of drug-likeness (QED) is 0.849. The van der Waals surface area contributed by atoms with Gasteiger partial charge in [0.1, 0.15) is 13.2 Å². The molecule has 0 saturated heterocycles. The van der Waals surface area contributed by atoms with Gasteiger partial charge in [0, 0.05) is 16.7 Å². The minimum absolute atomic E-state index is 0.149. The van der Waals surface area contributed by atoms with Crippen molar-refractivity contribution in [2.75, 3.05) is 13.2 Å². The number of carbonyl (C=O) groups excluding carboxylic acids is 2. The van der Waals surface area contributed by atoms with E-state index in [1.165, 1.54) is 6.42 Å². The fraction of sp³-hybridized carbons (Fsp3) is 0.474. The molecule has 4 rings (SSSR count). The zero-order chi connectivity index (χ0) is 18.1. The van der Waals surface area contributed by atoms with E-state index in [-0.39, 0.29) is 11.8 Å². The van der Waals surface area contributed by atoms with E-state index in [4.69, 9.17) is 15.2 Å². The minimum atomic E-state index is -0.427. The molecule has 2 amide bonds. The number of hydrogen-bond donors (Lipinski definition) is 2. The van der Waals surface area contributed by atoms with Crippen LogP contribution in [0.25, 0.3) is 0 Å². The highest BCUT2D eigenvalue weighted by molar-refractivity contribution is 8.04. The smallest absolute Gasteiger partial charge is 0.256 e. The second-order valence-corrected chi connectivity index (χ2v) is 8.07. The molecule has 2 heterocycles. The molecule has 0 aromatic heterocycles. The molecule has 1 aromatic rings. The lowest BCUT2D eigenvalue weighted by molar-refractivity contribution is -0.115. The van der Waals surface area contributed by atoms with Crippen molar-refractivity contribution in [1.29, 1.82) is 0 Å². The molecular formula is C19H22N2O4S. The predicted octanol–water partition coefficient (Wildman–Crippen LogP) is 2.58. The molecule has 1 fully saturated rings. The van der Waals surface area contributed by atoms with Crippen molar-refractivity contribution in [3.63, 3.8) is 0 Å². The van der Waals surface area contributed by atoms with Crippen LogP contribution in [0.15, 0.2) is 28.8 Å². The standard InChI is InChI=1S/C19H22N2O4S/c20-17(22)16-12-4-2-1-3-5-15(12)26-19(16)21-18(23)11-6-7-13-14(10-11)25-9-8-24-13/h6-7,10,12,15H,1-5,8-9H2,(H2,20,22)(H,21,23). The van der Waals surface area contributed by atoms with Crippen LogP contribution in [0.3, 0.4) is 0 Å². The van der Waals surface area contributed by atoms with Crippen LogP contribution >= 0.6 is 11.8 Å². The van der Waals surface area contributed by atoms with Crippen LogP contribution in [0.4, 0.5) is 0 Å². The Morgan fingerprint density at radius 1 is 1.08 bits per heavy atom. The van der Waals surface area contributed by atoms with E-state index in [1.807, 2.05) is 0 Å².